The second kappa shape index (κ2) is 6.16. The van der Waals surface area contributed by atoms with Gasteiger partial charge in [-0.2, -0.15) is 11.3 Å². The van der Waals surface area contributed by atoms with Crippen LogP contribution < -0.4 is 11.1 Å². The lowest BCUT2D eigenvalue weighted by molar-refractivity contribution is -0.115. The zero-order valence-electron chi connectivity index (χ0n) is 10.3. The molecule has 1 aromatic heterocycles. The molecule has 0 saturated carbocycles. The van der Waals surface area contributed by atoms with Gasteiger partial charge in [0.2, 0.25) is 5.91 Å². The molecule has 0 radical (unpaired) electrons. The van der Waals surface area contributed by atoms with E-state index in [-0.39, 0.29) is 23.7 Å². The first kappa shape index (κ1) is 14.0. The number of nitrogens with one attached hydrogen (secondary N) is 1. The number of halogens is 1. The summed E-state index contributed by atoms with van der Waals surface area (Å²) in [6.07, 6.45) is 0.205. The Morgan fingerprint density at radius 3 is 2.90 bits per heavy atom. The lowest BCUT2D eigenvalue weighted by atomic mass is 10.1. The van der Waals surface area contributed by atoms with Gasteiger partial charge < -0.3 is 16.3 Å². The van der Waals surface area contributed by atoms with Gasteiger partial charge in [0, 0.05) is 5.56 Å². The van der Waals surface area contributed by atoms with Gasteiger partial charge in [-0.15, -0.1) is 0 Å². The Morgan fingerprint density at radius 1 is 1.45 bits per heavy atom. The van der Waals surface area contributed by atoms with Crippen molar-refractivity contribution >= 4 is 28.8 Å². The maximum atomic E-state index is 13.2. The molecule has 4 N–H and O–H groups in total. The summed E-state index contributed by atoms with van der Waals surface area (Å²) in [5.41, 5.74) is 6.77. The number of amidine groups is 1. The molecular weight excluding hydrogens is 281 g/mol. The maximum absolute atomic E-state index is 13.2. The van der Waals surface area contributed by atoms with Gasteiger partial charge in [-0.3, -0.25) is 4.79 Å². The zero-order chi connectivity index (χ0) is 14.5. The van der Waals surface area contributed by atoms with E-state index in [2.05, 4.69) is 10.5 Å². The molecule has 20 heavy (non-hydrogen) atoms. The predicted molar refractivity (Wildman–Crippen MR) is 75.6 cm³/mol. The highest BCUT2D eigenvalue weighted by Gasteiger charge is 2.12. The molecule has 2 rings (SSSR count). The molecule has 1 aromatic carbocycles. The fourth-order valence-corrected chi connectivity index (χ4v) is 2.33. The minimum atomic E-state index is -0.539. The third-order valence-electron chi connectivity index (χ3n) is 2.58. The highest BCUT2D eigenvalue weighted by molar-refractivity contribution is 7.08. The summed E-state index contributed by atoms with van der Waals surface area (Å²) >= 11 is 1.50. The van der Waals surface area contributed by atoms with E-state index >= 15 is 0 Å². The maximum Gasteiger partial charge on any atom is 0.228 e. The Labute approximate surface area is 118 Å². The average Bonchev–Trinajstić information content (AvgIpc) is 2.92. The number of thiophene rings is 1. The molecule has 104 valence electrons. The SMILES string of the molecule is N/C(=N/O)c1cc(F)ccc1NC(=O)Cc1ccsc1. The molecule has 0 fully saturated rings. The highest BCUT2D eigenvalue weighted by Crippen LogP contribution is 2.17. The quantitative estimate of drug-likeness (QED) is 0.349. The van der Waals surface area contributed by atoms with Gasteiger partial charge in [0.25, 0.3) is 0 Å². The summed E-state index contributed by atoms with van der Waals surface area (Å²) in [6.45, 7) is 0. The summed E-state index contributed by atoms with van der Waals surface area (Å²) in [5, 5.41) is 17.9. The minimum absolute atomic E-state index is 0.131. The van der Waals surface area contributed by atoms with Crippen LogP contribution in [0.1, 0.15) is 11.1 Å². The van der Waals surface area contributed by atoms with Crippen LogP contribution in [0.5, 0.6) is 0 Å². The fraction of sp³-hybridized carbons (Fsp3) is 0.0769. The number of benzene rings is 1. The van der Waals surface area contributed by atoms with Crippen LogP contribution in [0.4, 0.5) is 10.1 Å². The predicted octanol–water partition coefficient (Wildman–Crippen LogP) is 2.16. The molecule has 0 aliphatic rings. The van der Waals surface area contributed by atoms with Gasteiger partial charge >= 0.3 is 0 Å². The Morgan fingerprint density at radius 2 is 2.25 bits per heavy atom. The Hall–Kier alpha value is -2.41. The van der Waals surface area contributed by atoms with Crippen LogP contribution in [0.25, 0.3) is 0 Å². The zero-order valence-corrected chi connectivity index (χ0v) is 11.2. The lowest BCUT2D eigenvalue weighted by Gasteiger charge is -2.10. The number of oxime groups is 1. The number of anilines is 1. The summed E-state index contributed by atoms with van der Waals surface area (Å²) < 4.78 is 13.2. The van der Waals surface area contributed by atoms with Gasteiger partial charge in [-0.25, -0.2) is 4.39 Å². The van der Waals surface area contributed by atoms with Crippen molar-refractivity contribution in [3.8, 4) is 0 Å². The summed E-state index contributed by atoms with van der Waals surface area (Å²) in [7, 11) is 0. The molecule has 0 aliphatic heterocycles. The molecule has 0 saturated heterocycles. The topological polar surface area (TPSA) is 87.7 Å². The van der Waals surface area contributed by atoms with Gasteiger partial charge in [-0.1, -0.05) is 5.16 Å². The van der Waals surface area contributed by atoms with Crippen LogP contribution in [-0.4, -0.2) is 17.0 Å². The average molecular weight is 293 g/mol. The van der Waals surface area contributed by atoms with Crippen LogP contribution in [0.2, 0.25) is 0 Å². The third-order valence-corrected chi connectivity index (χ3v) is 3.32. The van der Waals surface area contributed by atoms with Gasteiger partial charge in [0.1, 0.15) is 5.82 Å². The van der Waals surface area contributed by atoms with Gasteiger partial charge in [0.05, 0.1) is 12.1 Å². The second-order valence-electron chi connectivity index (χ2n) is 4.03. The van der Waals surface area contributed by atoms with Crippen molar-refractivity contribution in [1.29, 1.82) is 0 Å². The Balaban J connectivity index is 2.18. The monoisotopic (exact) mass is 293 g/mol. The fourth-order valence-electron chi connectivity index (χ4n) is 1.66. The molecule has 0 bridgehead atoms. The molecule has 7 heteroatoms. The molecule has 5 nitrogen and oxygen atoms in total. The number of carbonyl (C=O) groups excluding carboxylic acids is 1. The Kier molecular flexibility index (Phi) is 4.31. The van der Waals surface area contributed by atoms with E-state index < -0.39 is 5.82 Å². The standard InChI is InChI=1S/C13H12FN3O2S/c14-9-1-2-11(10(6-9)13(15)17-19)16-12(18)5-8-3-4-20-7-8/h1-4,6-7,19H,5H2,(H2,15,17)(H,16,18). The molecule has 1 amide bonds. The summed E-state index contributed by atoms with van der Waals surface area (Å²) in [5.74, 6) is -1.07. The van der Waals surface area contributed by atoms with E-state index in [0.29, 0.717) is 5.69 Å². The van der Waals surface area contributed by atoms with E-state index in [9.17, 15) is 9.18 Å². The van der Waals surface area contributed by atoms with Crippen LogP contribution in [0.15, 0.2) is 40.2 Å². The van der Waals surface area contributed by atoms with Crippen molar-refractivity contribution in [2.24, 2.45) is 10.9 Å². The number of carbonyl (C=O) groups is 1. The number of nitrogens with two attached hydrogens (primary N) is 1. The highest BCUT2D eigenvalue weighted by atomic mass is 32.1. The molecule has 0 spiro atoms. The van der Waals surface area contributed by atoms with E-state index in [1.165, 1.54) is 23.5 Å². The Bertz CT molecular complexity index is 641. The van der Waals surface area contributed by atoms with E-state index in [1.807, 2.05) is 16.8 Å². The van der Waals surface area contributed by atoms with Crippen LogP contribution in [-0.2, 0) is 11.2 Å². The first-order valence-corrected chi connectivity index (χ1v) is 6.63. The minimum Gasteiger partial charge on any atom is -0.409 e. The van der Waals surface area contributed by atoms with E-state index in [1.54, 1.807) is 0 Å². The second-order valence-corrected chi connectivity index (χ2v) is 4.81. The van der Waals surface area contributed by atoms with Crippen molar-refractivity contribution in [2.75, 3.05) is 5.32 Å². The molecule has 0 atom stereocenters. The van der Waals surface area contributed by atoms with Crippen molar-refractivity contribution in [2.45, 2.75) is 6.42 Å². The van der Waals surface area contributed by atoms with E-state index in [4.69, 9.17) is 10.9 Å². The normalized spacial score (nSPS) is 11.3. The smallest absolute Gasteiger partial charge is 0.228 e. The van der Waals surface area contributed by atoms with Crippen molar-refractivity contribution in [3.05, 3.63) is 52.0 Å². The van der Waals surface area contributed by atoms with Crippen molar-refractivity contribution < 1.29 is 14.4 Å². The molecule has 1 heterocycles. The third kappa shape index (κ3) is 3.33. The lowest BCUT2D eigenvalue weighted by Crippen LogP contribution is -2.20. The van der Waals surface area contributed by atoms with Crippen LogP contribution >= 0.6 is 11.3 Å². The summed E-state index contributed by atoms with van der Waals surface area (Å²) in [6, 6.07) is 5.50. The molecule has 0 aliphatic carbocycles. The number of hydrogen-bond donors (Lipinski definition) is 3. The van der Waals surface area contributed by atoms with Crippen molar-refractivity contribution in [1.82, 2.24) is 0 Å². The van der Waals surface area contributed by atoms with Crippen molar-refractivity contribution in [3.63, 3.8) is 0 Å². The molecular formula is C13H12FN3O2S. The first-order chi connectivity index (χ1) is 9.60. The first-order valence-electron chi connectivity index (χ1n) is 5.68. The largest absolute Gasteiger partial charge is 0.409 e. The van der Waals surface area contributed by atoms with E-state index in [0.717, 1.165) is 11.6 Å². The molecule has 0 unspecified atom stereocenters. The van der Waals surface area contributed by atoms with Gasteiger partial charge in [-0.05, 0) is 40.6 Å². The van der Waals surface area contributed by atoms with Crippen LogP contribution in [0, 0.1) is 5.82 Å². The number of rotatable bonds is 4. The van der Waals surface area contributed by atoms with Gasteiger partial charge in [0.15, 0.2) is 5.84 Å². The number of nitrogens with zero attached hydrogens (tertiary/aromatic N) is 1. The molecule has 2 aromatic rings. The summed E-state index contributed by atoms with van der Waals surface area (Å²) in [4.78, 5) is 11.9. The number of amides is 1. The van der Waals surface area contributed by atoms with Crippen LogP contribution in [0.3, 0.4) is 0 Å². The number of hydrogen-bond acceptors (Lipinski definition) is 4.